The summed E-state index contributed by atoms with van der Waals surface area (Å²) >= 11 is 1.47. The Kier molecular flexibility index (Phi) is 4.40. The second-order valence-electron chi connectivity index (χ2n) is 5.52. The number of pyridine rings is 1. The fourth-order valence-electron chi connectivity index (χ4n) is 2.56. The van der Waals surface area contributed by atoms with Crippen LogP contribution >= 0.6 is 11.8 Å². The van der Waals surface area contributed by atoms with Crippen molar-refractivity contribution >= 4 is 22.8 Å². The van der Waals surface area contributed by atoms with Crippen LogP contribution in [0.1, 0.15) is 5.56 Å². The lowest BCUT2D eigenvalue weighted by atomic mass is 10.3. The summed E-state index contributed by atoms with van der Waals surface area (Å²) in [4.78, 5) is 21.7. The van der Waals surface area contributed by atoms with Gasteiger partial charge < -0.3 is 4.74 Å². The summed E-state index contributed by atoms with van der Waals surface area (Å²) in [5.74, 6) is 1.37. The van der Waals surface area contributed by atoms with Crippen molar-refractivity contribution in [3.63, 3.8) is 0 Å². The van der Waals surface area contributed by atoms with Crippen LogP contribution in [0.15, 0.2) is 64.9 Å². The van der Waals surface area contributed by atoms with E-state index in [1.54, 1.807) is 24.1 Å². The van der Waals surface area contributed by atoms with Crippen LogP contribution < -0.4 is 10.3 Å². The van der Waals surface area contributed by atoms with Gasteiger partial charge in [0, 0.05) is 18.1 Å². The van der Waals surface area contributed by atoms with E-state index in [2.05, 4.69) is 20.2 Å². The molecule has 0 bridgehead atoms. The predicted molar refractivity (Wildman–Crippen MR) is 99.8 cm³/mol. The number of nitrogens with one attached hydrogen (secondary N) is 1. The molecule has 0 saturated heterocycles. The number of hydrogen-bond acceptors (Lipinski definition) is 6. The van der Waals surface area contributed by atoms with Crippen LogP contribution in [-0.2, 0) is 5.75 Å². The molecule has 0 atom stereocenters. The molecule has 0 amide bonds. The van der Waals surface area contributed by atoms with Crippen LogP contribution in [-0.4, -0.2) is 31.8 Å². The minimum Gasteiger partial charge on any atom is -0.497 e. The van der Waals surface area contributed by atoms with Crippen molar-refractivity contribution in [2.24, 2.45) is 0 Å². The van der Waals surface area contributed by atoms with Gasteiger partial charge in [0.05, 0.1) is 19.0 Å². The van der Waals surface area contributed by atoms with Crippen molar-refractivity contribution in [3.05, 3.63) is 70.9 Å². The third-order valence-electron chi connectivity index (χ3n) is 3.87. The van der Waals surface area contributed by atoms with Gasteiger partial charge in [0.1, 0.15) is 11.1 Å². The van der Waals surface area contributed by atoms with Crippen LogP contribution in [0, 0.1) is 0 Å². The lowest BCUT2D eigenvalue weighted by molar-refractivity contribution is 0.414. The number of methoxy groups -OCH3 is 1. The largest absolute Gasteiger partial charge is 0.497 e. The molecule has 26 heavy (non-hydrogen) atoms. The summed E-state index contributed by atoms with van der Waals surface area (Å²) in [5.41, 5.74) is 2.09. The number of H-pyrrole nitrogens is 1. The van der Waals surface area contributed by atoms with E-state index >= 15 is 0 Å². The Morgan fingerprint density at radius 2 is 2.04 bits per heavy atom. The van der Waals surface area contributed by atoms with Crippen molar-refractivity contribution in [3.8, 4) is 11.4 Å². The third-order valence-corrected chi connectivity index (χ3v) is 4.88. The van der Waals surface area contributed by atoms with Gasteiger partial charge in [0.25, 0.3) is 5.56 Å². The first kappa shape index (κ1) is 16.3. The zero-order valence-electron chi connectivity index (χ0n) is 13.9. The highest BCUT2D eigenvalue weighted by Gasteiger charge is 2.15. The number of ether oxygens (including phenoxy) is 1. The van der Waals surface area contributed by atoms with Crippen molar-refractivity contribution < 1.29 is 4.74 Å². The highest BCUT2D eigenvalue weighted by Crippen LogP contribution is 2.24. The average molecular weight is 365 g/mol. The van der Waals surface area contributed by atoms with Crippen LogP contribution in [0.3, 0.4) is 0 Å². The maximum atomic E-state index is 13.0. The Morgan fingerprint density at radius 3 is 2.77 bits per heavy atom. The van der Waals surface area contributed by atoms with Gasteiger partial charge in [-0.15, -0.1) is 0 Å². The smallest absolute Gasteiger partial charge is 0.269 e. The van der Waals surface area contributed by atoms with Gasteiger partial charge in [-0.1, -0.05) is 17.8 Å². The molecule has 1 N–H and O–H groups in total. The average Bonchev–Trinajstić information content (AvgIpc) is 3.16. The van der Waals surface area contributed by atoms with Crippen molar-refractivity contribution in [1.82, 2.24) is 24.7 Å². The van der Waals surface area contributed by atoms with Crippen molar-refractivity contribution in [2.45, 2.75) is 10.9 Å². The van der Waals surface area contributed by atoms with Crippen LogP contribution in [0.25, 0.3) is 16.7 Å². The molecule has 0 spiro atoms. The van der Waals surface area contributed by atoms with E-state index in [4.69, 9.17) is 4.74 Å². The van der Waals surface area contributed by atoms with E-state index in [0.717, 1.165) is 17.0 Å². The summed E-state index contributed by atoms with van der Waals surface area (Å²) in [6.45, 7) is 0. The molecular weight excluding hydrogens is 350 g/mol. The first-order chi connectivity index (χ1) is 12.8. The van der Waals surface area contributed by atoms with E-state index in [1.807, 2.05) is 36.4 Å². The highest BCUT2D eigenvalue weighted by atomic mass is 32.2. The Bertz CT molecular complexity index is 1090. The standard InChI is InChI=1S/C18H15N5O2S/c1-25-14-6-4-13(5-7-14)23-17(24)15-10-20-22-16(15)21-18(23)26-11-12-3-2-8-19-9-12/h2-10H,11H2,1H3,(H,20,22). The minimum atomic E-state index is -0.164. The molecule has 4 rings (SSSR count). The molecule has 7 nitrogen and oxygen atoms in total. The molecule has 3 aromatic heterocycles. The molecular formula is C18H15N5O2S. The molecule has 0 saturated carbocycles. The zero-order chi connectivity index (χ0) is 17.9. The molecule has 0 unspecified atom stereocenters. The number of nitrogens with zero attached hydrogens (tertiary/aromatic N) is 4. The molecule has 1 aromatic carbocycles. The quantitative estimate of drug-likeness (QED) is 0.432. The van der Waals surface area contributed by atoms with E-state index in [9.17, 15) is 4.79 Å². The van der Waals surface area contributed by atoms with Crippen molar-refractivity contribution in [1.29, 1.82) is 0 Å². The fraction of sp³-hybridized carbons (Fsp3) is 0.111. The Hall–Kier alpha value is -3.13. The predicted octanol–water partition coefficient (Wildman–Crippen LogP) is 2.80. The zero-order valence-corrected chi connectivity index (χ0v) is 14.7. The maximum Gasteiger partial charge on any atom is 0.269 e. The summed E-state index contributed by atoms with van der Waals surface area (Å²) in [6, 6.07) is 11.2. The van der Waals surface area contributed by atoms with Gasteiger partial charge in [-0.2, -0.15) is 5.10 Å². The van der Waals surface area contributed by atoms with Crippen molar-refractivity contribution in [2.75, 3.05) is 7.11 Å². The van der Waals surface area contributed by atoms with E-state index in [0.29, 0.717) is 21.9 Å². The normalized spacial score (nSPS) is 11.0. The first-order valence-corrected chi connectivity index (χ1v) is 8.87. The lowest BCUT2D eigenvalue weighted by Gasteiger charge is -2.12. The minimum absolute atomic E-state index is 0.164. The summed E-state index contributed by atoms with van der Waals surface area (Å²) in [5, 5.41) is 7.75. The van der Waals surface area contributed by atoms with Gasteiger partial charge >= 0.3 is 0 Å². The Labute approximate surface area is 153 Å². The van der Waals surface area contributed by atoms with Gasteiger partial charge in [-0.25, -0.2) is 4.98 Å². The second-order valence-corrected chi connectivity index (χ2v) is 6.46. The summed E-state index contributed by atoms with van der Waals surface area (Å²) in [6.07, 6.45) is 5.04. The number of fused-ring (bicyclic) bond motifs is 1. The molecule has 3 heterocycles. The SMILES string of the molecule is COc1ccc(-n2c(SCc3cccnc3)nc3[nH]ncc3c2=O)cc1. The molecule has 0 aliphatic heterocycles. The van der Waals surface area contributed by atoms with E-state index < -0.39 is 0 Å². The fourth-order valence-corrected chi connectivity index (χ4v) is 3.50. The lowest BCUT2D eigenvalue weighted by Crippen LogP contribution is -2.21. The van der Waals surface area contributed by atoms with Crippen LogP contribution in [0.5, 0.6) is 5.75 Å². The second kappa shape index (κ2) is 7.01. The maximum absolute atomic E-state index is 13.0. The summed E-state index contributed by atoms with van der Waals surface area (Å²) < 4.78 is 6.79. The Morgan fingerprint density at radius 1 is 1.19 bits per heavy atom. The number of aromatic amines is 1. The number of thioether (sulfide) groups is 1. The molecule has 0 aliphatic carbocycles. The topological polar surface area (TPSA) is 85.7 Å². The monoisotopic (exact) mass is 365 g/mol. The molecule has 4 aromatic rings. The summed E-state index contributed by atoms with van der Waals surface area (Å²) in [7, 11) is 1.61. The van der Waals surface area contributed by atoms with Crippen LogP contribution in [0.2, 0.25) is 0 Å². The molecule has 8 heteroatoms. The number of benzene rings is 1. The number of rotatable bonds is 5. The van der Waals surface area contributed by atoms with Gasteiger partial charge in [-0.3, -0.25) is 19.4 Å². The Balaban J connectivity index is 1.80. The van der Waals surface area contributed by atoms with Gasteiger partial charge in [0.2, 0.25) is 0 Å². The number of aromatic nitrogens is 5. The highest BCUT2D eigenvalue weighted by molar-refractivity contribution is 7.98. The first-order valence-electron chi connectivity index (χ1n) is 7.88. The van der Waals surface area contributed by atoms with Gasteiger partial charge in [0.15, 0.2) is 10.8 Å². The van der Waals surface area contributed by atoms with E-state index in [-0.39, 0.29) is 5.56 Å². The molecule has 0 radical (unpaired) electrons. The van der Waals surface area contributed by atoms with Crippen LogP contribution in [0.4, 0.5) is 0 Å². The molecule has 0 aliphatic rings. The third kappa shape index (κ3) is 3.06. The molecule has 130 valence electrons. The number of hydrogen-bond donors (Lipinski definition) is 1. The van der Waals surface area contributed by atoms with Gasteiger partial charge in [-0.05, 0) is 35.9 Å². The molecule has 0 fully saturated rings. The van der Waals surface area contributed by atoms with E-state index in [1.165, 1.54) is 18.0 Å².